The molecular formula is C9H18N2O4. The number of carbonyl (C=O) groups excluding carboxylic acids is 2. The van der Waals surface area contributed by atoms with Gasteiger partial charge in [-0.3, -0.25) is 9.59 Å². The fourth-order valence-corrected chi connectivity index (χ4v) is 1.03. The van der Waals surface area contributed by atoms with Gasteiger partial charge in [-0.15, -0.1) is 0 Å². The van der Waals surface area contributed by atoms with Crippen molar-refractivity contribution in [1.82, 2.24) is 5.32 Å². The van der Waals surface area contributed by atoms with Gasteiger partial charge in [-0.1, -0.05) is 0 Å². The summed E-state index contributed by atoms with van der Waals surface area (Å²) in [6.45, 7) is 4.02. The van der Waals surface area contributed by atoms with Crippen LogP contribution in [0, 0.1) is 0 Å². The lowest BCUT2D eigenvalue weighted by Crippen LogP contribution is -2.54. The van der Waals surface area contributed by atoms with E-state index in [2.05, 4.69) is 5.32 Å². The summed E-state index contributed by atoms with van der Waals surface area (Å²) < 4.78 is 0. The fraction of sp³-hybridized carbons (Fsp3) is 0.778. The minimum atomic E-state index is -1.11. The molecule has 0 aromatic rings. The Morgan fingerprint density at radius 3 is 1.93 bits per heavy atom. The molecule has 88 valence electrons. The molecule has 0 unspecified atom stereocenters. The molecule has 6 nitrogen and oxygen atoms in total. The summed E-state index contributed by atoms with van der Waals surface area (Å²) >= 11 is 0. The molecule has 15 heavy (non-hydrogen) atoms. The second-order valence-electron chi connectivity index (χ2n) is 3.60. The van der Waals surface area contributed by atoms with Crippen molar-refractivity contribution >= 4 is 11.7 Å². The van der Waals surface area contributed by atoms with Crippen molar-refractivity contribution in [2.45, 2.75) is 45.1 Å². The highest BCUT2D eigenvalue weighted by molar-refractivity contribution is 5.90. The summed E-state index contributed by atoms with van der Waals surface area (Å²) in [5.41, 5.74) is 5.35. The number of nitrogens with one attached hydrogen (secondary N) is 1. The van der Waals surface area contributed by atoms with Gasteiger partial charge in [0.1, 0.15) is 12.1 Å². The molecule has 4 atom stereocenters. The third-order valence-electron chi connectivity index (χ3n) is 2.04. The maximum atomic E-state index is 11.3. The first kappa shape index (κ1) is 14.0. The Bertz CT molecular complexity index is 240. The van der Waals surface area contributed by atoms with Crippen molar-refractivity contribution in [3.05, 3.63) is 0 Å². The SMILES string of the molecule is CC(=O)[C@@H](NC(=O)[C@@H](N)[C@@H](C)O)[C@@H](C)O. The Hall–Kier alpha value is -0.980. The first-order valence-electron chi connectivity index (χ1n) is 4.70. The summed E-state index contributed by atoms with van der Waals surface area (Å²) in [7, 11) is 0. The van der Waals surface area contributed by atoms with Gasteiger partial charge in [0, 0.05) is 0 Å². The van der Waals surface area contributed by atoms with Crippen LogP contribution in [0.5, 0.6) is 0 Å². The first-order valence-corrected chi connectivity index (χ1v) is 4.70. The van der Waals surface area contributed by atoms with Gasteiger partial charge in [-0.05, 0) is 20.8 Å². The van der Waals surface area contributed by atoms with Crippen LogP contribution in [0.15, 0.2) is 0 Å². The van der Waals surface area contributed by atoms with E-state index >= 15 is 0 Å². The molecule has 0 aromatic carbocycles. The predicted octanol–water partition coefficient (Wildman–Crippen LogP) is -1.85. The number of Topliss-reactive ketones (excluding diaryl/α,β-unsaturated/α-hetero) is 1. The summed E-state index contributed by atoms with van der Waals surface area (Å²) in [6, 6.07) is -2.09. The van der Waals surface area contributed by atoms with Crippen LogP contribution in [-0.4, -0.2) is 46.2 Å². The number of hydrogen-bond donors (Lipinski definition) is 4. The van der Waals surface area contributed by atoms with Crippen molar-refractivity contribution in [2.75, 3.05) is 0 Å². The lowest BCUT2D eigenvalue weighted by Gasteiger charge is -2.21. The van der Waals surface area contributed by atoms with E-state index in [4.69, 9.17) is 10.8 Å². The van der Waals surface area contributed by atoms with Crippen LogP contribution in [0.3, 0.4) is 0 Å². The second-order valence-corrected chi connectivity index (χ2v) is 3.60. The van der Waals surface area contributed by atoms with Crippen molar-refractivity contribution in [3.63, 3.8) is 0 Å². The quantitative estimate of drug-likeness (QED) is 0.432. The zero-order valence-corrected chi connectivity index (χ0v) is 9.10. The van der Waals surface area contributed by atoms with E-state index in [0.29, 0.717) is 0 Å². The number of nitrogens with two attached hydrogens (primary N) is 1. The number of ketones is 1. The molecule has 0 aliphatic rings. The molecule has 0 bridgehead atoms. The van der Waals surface area contributed by atoms with Gasteiger partial charge in [0.05, 0.1) is 12.2 Å². The van der Waals surface area contributed by atoms with Gasteiger partial charge >= 0.3 is 0 Å². The van der Waals surface area contributed by atoms with Crippen LogP contribution in [-0.2, 0) is 9.59 Å². The van der Waals surface area contributed by atoms with Gasteiger partial charge in [-0.2, -0.15) is 0 Å². The molecular weight excluding hydrogens is 200 g/mol. The molecule has 6 heteroatoms. The highest BCUT2D eigenvalue weighted by atomic mass is 16.3. The largest absolute Gasteiger partial charge is 0.391 e. The highest BCUT2D eigenvalue weighted by Crippen LogP contribution is 1.97. The molecule has 0 saturated heterocycles. The topological polar surface area (TPSA) is 113 Å². The molecule has 0 heterocycles. The Morgan fingerprint density at radius 2 is 1.67 bits per heavy atom. The van der Waals surface area contributed by atoms with Crippen LogP contribution in [0.1, 0.15) is 20.8 Å². The summed E-state index contributed by atoms with van der Waals surface area (Å²) in [4.78, 5) is 22.4. The van der Waals surface area contributed by atoms with E-state index in [9.17, 15) is 14.7 Å². The predicted molar refractivity (Wildman–Crippen MR) is 53.9 cm³/mol. The second kappa shape index (κ2) is 5.79. The number of hydrogen-bond acceptors (Lipinski definition) is 5. The van der Waals surface area contributed by atoms with E-state index in [1.807, 2.05) is 0 Å². The average Bonchev–Trinajstić information content (AvgIpc) is 2.11. The van der Waals surface area contributed by atoms with Gasteiger partial charge < -0.3 is 21.3 Å². The maximum absolute atomic E-state index is 11.3. The van der Waals surface area contributed by atoms with E-state index in [0.717, 1.165) is 0 Å². The first-order chi connectivity index (χ1) is 6.77. The zero-order chi connectivity index (χ0) is 12.2. The third-order valence-corrected chi connectivity index (χ3v) is 2.04. The van der Waals surface area contributed by atoms with Gasteiger partial charge in [0.25, 0.3) is 0 Å². The Balaban J connectivity index is 4.43. The molecule has 0 rings (SSSR count). The maximum Gasteiger partial charge on any atom is 0.240 e. The Morgan fingerprint density at radius 1 is 1.20 bits per heavy atom. The normalized spacial score (nSPS) is 18.8. The van der Waals surface area contributed by atoms with Crippen molar-refractivity contribution in [1.29, 1.82) is 0 Å². The fourth-order valence-electron chi connectivity index (χ4n) is 1.03. The number of rotatable bonds is 5. The van der Waals surface area contributed by atoms with E-state index in [-0.39, 0.29) is 5.78 Å². The number of aliphatic hydroxyl groups is 2. The monoisotopic (exact) mass is 218 g/mol. The number of aliphatic hydroxyl groups excluding tert-OH is 2. The minimum Gasteiger partial charge on any atom is -0.391 e. The summed E-state index contributed by atoms with van der Waals surface area (Å²) in [5.74, 6) is -1.03. The molecule has 0 aromatic heterocycles. The Labute approximate surface area is 88.5 Å². The standard InChI is InChI=1S/C9H18N2O4/c1-4(12)7(10)9(15)11-8(5(2)13)6(3)14/h4-5,7-8,12-13H,10H2,1-3H3,(H,11,15)/t4-,5-,7+,8+/m1/s1. The van der Waals surface area contributed by atoms with Gasteiger partial charge in [-0.25, -0.2) is 0 Å². The smallest absolute Gasteiger partial charge is 0.240 e. The summed E-state index contributed by atoms with van der Waals surface area (Å²) in [6.07, 6.45) is -2.00. The van der Waals surface area contributed by atoms with Gasteiger partial charge in [0.15, 0.2) is 5.78 Å². The van der Waals surface area contributed by atoms with Crippen LogP contribution < -0.4 is 11.1 Å². The van der Waals surface area contributed by atoms with E-state index in [1.54, 1.807) is 0 Å². The Kier molecular flexibility index (Phi) is 5.41. The molecule has 1 amide bonds. The van der Waals surface area contributed by atoms with Crippen molar-refractivity contribution < 1.29 is 19.8 Å². The van der Waals surface area contributed by atoms with Crippen LogP contribution in [0.4, 0.5) is 0 Å². The lowest BCUT2D eigenvalue weighted by atomic mass is 10.1. The zero-order valence-electron chi connectivity index (χ0n) is 9.10. The number of carbonyl (C=O) groups is 2. The van der Waals surface area contributed by atoms with Crippen LogP contribution >= 0.6 is 0 Å². The third kappa shape index (κ3) is 4.37. The average molecular weight is 218 g/mol. The number of amides is 1. The molecule has 0 radical (unpaired) electrons. The molecule has 5 N–H and O–H groups in total. The minimum absolute atomic E-state index is 0.365. The molecule has 0 saturated carbocycles. The molecule has 0 spiro atoms. The van der Waals surface area contributed by atoms with Crippen molar-refractivity contribution in [3.8, 4) is 0 Å². The molecule has 0 aliphatic carbocycles. The summed E-state index contributed by atoms with van der Waals surface area (Å²) in [5, 5.41) is 20.5. The van der Waals surface area contributed by atoms with E-state index < -0.39 is 30.2 Å². The lowest BCUT2D eigenvalue weighted by molar-refractivity contribution is -0.131. The van der Waals surface area contributed by atoms with E-state index in [1.165, 1.54) is 20.8 Å². The van der Waals surface area contributed by atoms with Crippen molar-refractivity contribution in [2.24, 2.45) is 5.73 Å². The van der Waals surface area contributed by atoms with Crippen LogP contribution in [0.25, 0.3) is 0 Å². The highest BCUT2D eigenvalue weighted by Gasteiger charge is 2.26. The van der Waals surface area contributed by atoms with Gasteiger partial charge in [0.2, 0.25) is 5.91 Å². The molecule has 0 fully saturated rings. The van der Waals surface area contributed by atoms with Crippen LogP contribution in [0.2, 0.25) is 0 Å². The molecule has 0 aliphatic heterocycles.